The molecular formula is C16H24O3. The highest BCUT2D eigenvalue weighted by atomic mass is 16.5. The molecule has 106 valence electrons. The smallest absolute Gasteiger partial charge is 0.335 e. The molecule has 0 aliphatic carbocycles. The van der Waals surface area contributed by atoms with E-state index in [-0.39, 0.29) is 0 Å². The number of hydrogen-bond donors (Lipinski definition) is 1. The molecule has 0 heterocycles. The number of carboxylic acid groups (broad SMARTS) is 1. The van der Waals surface area contributed by atoms with E-state index < -0.39 is 5.97 Å². The summed E-state index contributed by atoms with van der Waals surface area (Å²) in [6, 6.07) is 5.21. The molecule has 1 aromatic carbocycles. The lowest BCUT2D eigenvalue weighted by Gasteiger charge is -2.16. The lowest BCUT2D eigenvalue weighted by molar-refractivity contribution is 0.0695. The van der Waals surface area contributed by atoms with Gasteiger partial charge in [-0.1, -0.05) is 39.5 Å². The molecule has 0 aliphatic heterocycles. The van der Waals surface area contributed by atoms with E-state index in [1.807, 2.05) is 6.07 Å². The molecule has 1 unspecified atom stereocenters. The van der Waals surface area contributed by atoms with Gasteiger partial charge in [0, 0.05) is 0 Å². The number of unbranched alkanes of at least 4 members (excludes halogenated alkanes) is 1. The number of carbonyl (C=O) groups is 1. The van der Waals surface area contributed by atoms with Crippen molar-refractivity contribution in [1.29, 1.82) is 0 Å². The van der Waals surface area contributed by atoms with E-state index in [2.05, 4.69) is 13.8 Å². The van der Waals surface area contributed by atoms with Gasteiger partial charge in [-0.3, -0.25) is 0 Å². The summed E-state index contributed by atoms with van der Waals surface area (Å²) in [4.78, 5) is 11.3. The summed E-state index contributed by atoms with van der Waals surface area (Å²) < 4.78 is 5.19. The van der Waals surface area contributed by atoms with Crippen molar-refractivity contribution >= 4 is 5.97 Å². The summed E-state index contributed by atoms with van der Waals surface area (Å²) in [7, 11) is 1.61. The van der Waals surface area contributed by atoms with E-state index in [9.17, 15) is 9.90 Å². The van der Waals surface area contributed by atoms with Crippen LogP contribution in [-0.2, 0) is 6.42 Å². The minimum atomic E-state index is -0.858. The molecule has 0 amide bonds. The molecule has 0 bridgehead atoms. The quantitative estimate of drug-likeness (QED) is 0.767. The Morgan fingerprint density at radius 3 is 2.63 bits per heavy atom. The van der Waals surface area contributed by atoms with Crippen molar-refractivity contribution in [1.82, 2.24) is 0 Å². The van der Waals surface area contributed by atoms with Gasteiger partial charge in [0.25, 0.3) is 0 Å². The third kappa shape index (κ3) is 4.58. The average molecular weight is 264 g/mol. The molecule has 0 fully saturated rings. The van der Waals surface area contributed by atoms with Gasteiger partial charge in [-0.05, 0) is 36.1 Å². The van der Waals surface area contributed by atoms with Crippen LogP contribution in [-0.4, -0.2) is 18.2 Å². The summed E-state index contributed by atoms with van der Waals surface area (Å²) in [5, 5.41) is 9.25. The summed E-state index contributed by atoms with van der Waals surface area (Å²) >= 11 is 0. The third-order valence-electron chi connectivity index (χ3n) is 3.59. The second kappa shape index (κ2) is 7.82. The number of ether oxygens (including phenoxy) is 1. The molecule has 3 heteroatoms. The first-order chi connectivity index (χ1) is 9.12. The zero-order valence-corrected chi connectivity index (χ0v) is 12.1. The Morgan fingerprint density at radius 1 is 1.37 bits per heavy atom. The van der Waals surface area contributed by atoms with Crippen molar-refractivity contribution in [3.05, 3.63) is 29.3 Å². The highest BCUT2D eigenvalue weighted by Crippen LogP contribution is 2.24. The lowest BCUT2D eigenvalue weighted by atomic mass is 9.90. The molecule has 0 radical (unpaired) electrons. The largest absolute Gasteiger partial charge is 0.497 e. The van der Waals surface area contributed by atoms with Crippen LogP contribution in [0.3, 0.4) is 0 Å². The van der Waals surface area contributed by atoms with E-state index in [4.69, 9.17) is 4.74 Å². The SMILES string of the molecule is CCCCC(CC)Cc1cc(OC)ccc1C(=O)O. The standard InChI is InChI=1S/C16H24O3/c1-4-6-7-12(5-2)10-13-11-14(19-3)8-9-15(13)16(17)18/h8-9,11-12H,4-7,10H2,1-3H3,(H,17,18). The zero-order chi connectivity index (χ0) is 14.3. The topological polar surface area (TPSA) is 46.5 Å². The fourth-order valence-corrected chi connectivity index (χ4v) is 2.33. The second-order valence-corrected chi connectivity index (χ2v) is 4.95. The summed E-state index contributed by atoms with van der Waals surface area (Å²) in [5.74, 6) is 0.415. The first-order valence-corrected chi connectivity index (χ1v) is 7.02. The predicted octanol–water partition coefficient (Wildman–Crippen LogP) is 4.15. The average Bonchev–Trinajstić information content (AvgIpc) is 2.42. The second-order valence-electron chi connectivity index (χ2n) is 4.95. The highest BCUT2D eigenvalue weighted by molar-refractivity contribution is 5.89. The normalized spacial score (nSPS) is 12.2. The molecule has 3 nitrogen and oxygen atoms in total. The molecule has 1 aromatic rings. The number of methoxy groups -OCH3 is 1. The van der Waals surface area contributed by atoms with E-state index in [0.717, 1.165) is 30.6 Å². The molecule has 19 heavy (non-hydrogen) atoms. The van der Waals surface area contributed by atoms with Gasteiger partial charge in [0.2, 0.25) is 0 Å². The summed E-state index contributed by atoms with van der Waals surface area (Å²) in [6.07, 6.45) is 5.43. The maximum absolute atomic E-state index is 11.3. The molecule has 0 aromatic heterocycles. The van der Waals surface area contributed by atoms with E-state index in [1.54, 1.807) is 19.2 Å². The number of rotatable bonds is 8. The first kappa shape index (κ1) is 15.5. The van der Waals surface area contributed by atoms with Crippen LogP contribution in [0.25, 0.3) is 0 Å². The Balaban J connectivity index is 2.92. The molecule has 1 rings (SSSR count). The van der Waals surface area contributed by atoms with Gasteiger partial charge in [0.05, 0.1) is 12.7 Å². The van der Waals surface area contributed by atoms with Gasteiger partial charge >= 0.3 is 5.97 Å². The Kier molecular flexibility index (Phi) is 6.40. The van der Waals surface area contributed by atoms with Crippen molar-refractivity contribution in [3.63, 3.8) is 0 Å². The van der Waals surface area contributed by atoms with E-state index in [0.29, 0.717) is 11.5 Å². The number of aromatic carboxylic acids is 1. The fourth-order valence-electron chi connectivity index (χ4n) is 2.33. The van der Waals surface area contributed by atoms with Crippen LogP contribution >= 0.6 is 0 Å². The van der Waals surface area contributed by atoms with Crippen LogP contribution in [0.5, 0.6) is 5.75 Å². The van der Waals surface area contributed by atoms with Gasteiger partial charge in [-0.25, -0.2) is 4.79 Å². The van der Waals surface area contributed by atoms with Crippen LogP contribution in [0.2, 0.25) is 0 Å². The molecular weight excluding hydrogens is 240 g/mol. The van der Waals surface area contributed by atoms with Crippen LogP contribution in [0.4, 0.5) is 0 Å². The third-order valence-corrected chi connectivity index (χ3v) is 3.59. The number of benzene rings is 1. The minimum Gasteiger partial charge on any atom is -0.497 e. The monoisotopic (exact) mass is 264 g/mol. The van der Waals surface area contributed by atoms with Gasteiger partial charge in [0.1, 0.15) is 5.75 Å². The van der Waals surface area contributed by atoms with Crippen LogP contribution in [0.1, 0.15) is 55.5 Å². The Labute approximate surface area is 115 Å². The fraction of sp³-hybridized carbons (Fsp3) is 0.562. The highest BCUT2D eigenvalue weighted by Gasteiger charge is 2.15. The summed E-state index contributed by atoms with van der Waals surface area (Å²) in [5.41, 5.74) is 1.28. The Hall–Kier alpha value is -1.51. The van der Waals surface area contributed by atoms with Crippen molar-refractivity contribution in [3.8, 4) is 5.75 Å². The van der Waals surface area contributed by atoms with Gasteiger partial charge in [0.15, 0.2) is 0 Å². The van der Waals surface area contributed by atoms with Crippen molar-refractivity contribution in [2.24, 2.45) is 5.92 Å². The Bertz CT molecular complexity index is 412. The van der Waals surface area contributed by atoms with E-state index in [1.165, 1.54) is 12.8 Å². The molecule has 1 atom stereocenters. The number of carboxylic acids is 1. The van der Waals surface area contributed by atoms with Crippen molar-refractivity contribution < 1.29 is 14.6 Å². The van der Waals surface area contributed by atoms with Crippen LogP contribution in [0, 0.1) is 5.92 Å². The Morgan fingerprint density at radius 2 is 2.11 bits per heavy atom. The van der Waals surface area contributed by atoms with Crippen molar-refractivity contribution in [2.45, 2.75) is 46.0 Å². The summed E-state index contributed by atoms with van der Waals surface area (Å²) in [6.45, 7) is 4.35. The predicted molar refractivity (Wildman–Crippen MR) is 77.0 cm³/mol. The first-order valence-electron chi connectivity index (χ1n) is 7.02. The maximum Gasteiger partial charge on any atom is 0.335 e. The number of hydrogen-bond acceptors (Lipinski definition) is 2. The minimum absolute atomic E-state index is 0.399. The van der Waals surface area contributed by atoms with Crippen LogP contribution < -0.4 is 4.74 Å². The molecule has 0 saturated carbocycles. The van der Waals surface area contributed by atoms with Crippen LogP contribution in [0.15, 0.2) is 18.2 Å². The zero-order valence-electron chi connectivity index (χ0n) is 12.1. The molecule has 1 N–H and O–H groups in total. The van der Waals surface area contributed by atoms with Gasteiger partial charge in [-0.2, -0.15) is 0 Å². The molecule has 0 aliphatic rings. The maximum atomic E-state index is 11.3. The lowest BCUT2D eigenvalue weighted by Crippen LogP contribution is -2.09. The molecule has 0 saturated heterocycles. The van der Waals surface area contributed by atoms with Gasteiger partial charge < -0.3 is 9.84 Å². The van der Waals surface area contributed by atoms with Crippen molar-refractivity contribution in [2.75, 3.05) is 7.11 Å². The van der Waals surface area contributed by atoms with E-state index >= 15 is 0 Å². The van der Waals surface area contributed by atoms with Gasteiger partial charge in [-0.15, -0.1) is 0 Å². The molecule has 0 spiro atoms.